The van der Waals surface area contributed by atoms with Crippen LogP contribution in [0.2, 0.25) is 0 Å². The first kappa shape index (κ1) is 11.8. The predicted molar refractivity (Wildman–Crippen MR) is 75.6 cm³/mol. The molecule has 0 atom stereocenters. The molecule has 0 radical (unpaired) electrons. The van der Waals surface area contributed by atoms with E-state index in [0.29, 0.717) is 0 Å². The molecule has 3 nitrogen and oxygen atoms in total. The lowest BCUT2D eigenvalue weighted by atomic mass is 10.0. The van der Waals surface area contributed by atoms with Crippen molar-refractivity contribution in [3.8, 4) is 11.3 Å². The Morgan fingerprint density at radius 1 is 0.947 bits per heavy atom. The average molecular weight is 250 g/mol. The Kier molecular flexibility index (Phi) is 2.97. The molecule has 3 aromatic rings. The molecular weight excluding hydrogens is 236 g/mol. The van der Waals surface area contributed by atoms with Crippen molar-refractivity contribution in [2.24, 2.45) is 0 Å². The van der Waals surface area contributed by atoms with Crippen LogP contribution in [0.4, 0.5) is 0 Å². The number of fused-ring (bicyclic) bond motifs is 1. The maximum absolute atomic E-state index is 9.48. The van der Waals surface area contributed by atoms with Crippen LogP contribution in [0.15, 0.2) is 48.5 Å². The fourth-order valence-electron chi connectivity index (χ4n) is 2.29. The highest BCUT2D eigenvalue weighted by molar-refractivity contribution is 5.92. The molecule has 19 heavy (non-hydrogen) atoms. The summed E-state index contributed by atoms with van der Waals surface area (Å²) < 4.78 is 0. The van der Waals surface area contributed by atoms with Gasteiger partial charge in [0, 0.05) is 10.9 Å². The van der Waals surface area contributed by atoms with Gasteiger partial charge in [-0.2, -0.15) is 0 Å². The van der Waals surface area contributed by atoms with Crippen LogP contribution in [-0.4, -0.2) is 15.1 Å². The third kappa shape index (κ3) is 2.09. The van der Waals surface area contributed by atoms with Crippen LogP contribution in [0.5, 0.6) is 0 Å². The van der Waals surface area contributed by atoms with E-state index in [-0.39, 0.29) is 6.61 Å². The predicted octanol–water partition coefficient (Wildman–Crippen LogP) is 3.10. The molecule has 1 N–H and O–H groups in total. The number of rotatable bonds is 2. The topological polar surface area (TPSA) is 46.0 Å². The van der Waals surface area contributed by atoms with Crippen molar-refractivity contribution in [1.29, 1.82) is 0 Å². The summed E-state index contributed by atoms with van der Waals surface area (Å²) in [5, 5.41) is 10.5. The minimum absolute atomic E-state index is 0.00749. The third-order valence-corrected chi connectivity index (χ3v) is 3.16. The number of aryl methyl sites for hydroxylation is 1. The Morgan fingerprint density at radius 3 is 2.53 bits per heavy atom. The zero-order chi connectivity index (χ0) is 13.2. The summed E-state index contributed by atoms with van der Waals surface area (Å²) in [4.78, 5) is 9.00. The SMILES string of the molecule is Cc1nc(-c2ccccc2CO)c2ccccc2n1. The smallest absolute Gasteiger partial charge is 0.126 e. The van der Waals surface area contributed by atoms with Crippen molar-refractivity contribution in [3.05, 3.63) is 59.9 Å². The molecule has 3 rings (SSSR count). The number of para-hydroxylation sites is 1. The van der Waals surface area contributed by atoms with E-state index in [1.807, 2.05) is 55.5 Å². The normalized spacial score (nSPS) is 10.8. The van der Waals surface area contributed by atoms with E-state index in [2.05, 4.69) is 9.97 Å². The van der Waals surface area contributed by atoms with Crippen LogP contribution in [-0.2, 0) is 6.61 Å². The maximum atomic E-state index is 9.48. The second kappa shape index (κ2) is 4.78. The Hall–Kier alpha value is -2.26. The summed E-state index contributed by atoms with van der Waals surface area (Å²) in [6, 6.07) is 15.7. The largest absolute Gasteiger partial charge is 0.392 e. The molecule has 0 aliphatic heterocycles. The highest BCUT2D eigenvalue weighted by Crippen LogP contribution is 2.28. The number of hydrogen-bond acceptors (Lipinski definition) is 3. The number of aromatic nitrogens is 2. The first-order valence-electron chi connectivity index (χ1n) is 6.22. The van der Waals surface area contributed by atoms with E-state index in [4.69, 9.17) is 0 Å². The monoisotopic (exact) mass is 250 g/mol. The van der Waals surface area contributed by atoms with E-state index >= 15 is 0 Å². The maximum Gasteiger partial charge on any atom is 0.126 e. The second-order valence-electron chi connectivity index (χ2n) is 4.45. The average Bonchev–Trinajstić information content (AvgIpc) is 2.46. The molecule has 0 saturated heterocycles. The van der Waals surface area contributed by atoms with E-state index < -0.39 is 0 Å². The molecule has 0 aliphatic carbocycles. The van der Waals surface area contributed by atoms with Crippen LogP contribution in [0, 0.1) is 6.92 Å². The van der Waals surface area contributed by atoms with Gasteiger partial charge in [0.05, 0.1) is 17.8 Å². The summed E-state index contributed by atoms with van der Waals surface area (Å²) in [5.41, 5.74) is 3.66. The van der Waals surface area contributed by atoms with Crippen molar-refractivity contribution < 1.29 is 5.11 Å². The quantitative estimate of drug-likeness (QED) is 0.760. The molecule has 3 heteroatoms. The summed E-state index contributed by atoms with van der Waals surface area (Å²) in [6.45, 7) is 1.89. The molecule has 2 aromatic carbocycles. The number of aliphatic hydroxyl groups excluding tert-OH is 1. The van der Waals surface area contributed by atoms with Gasteiger partial charge in [-0.3, -0.25) is 0 Å². The van der Waals surface area contributed by atoms with Crippen molar-refractivity contribution in [2.75, 3.05) is 0 Å². The van der Waals surface area contributed by atoms with E-state index in [1.54, 1.807) is 0 Å². The van der Waals surface area contributed by atoms with E-state index in [1.165, 1.54) is 0 Å². The van der Waals surface area contributed by atoms with Gasteiger partial charge >= 0.3 is 0 Å². The molecule has 0 bridgehead atoms. The minimum atomic E-state index is 0.00749. The van der Waals surface area contributed by atoms with Crippen LogP contribution >= 0.6 is 0 Å². The van der Waals surface area contributed by atoms with Crippen molar-refractivity contribution >= 4 is 10.9 Å². The van der Waals surface area contributed by atoms with Gasteiger partial charge in [0.1, 0.15) is 5.82 Å². The Bertz CT molecular complexity index is 738. The summed E-state index contributed by atoms with van der Waals surface area (Å²) in [5.74, 6) is 0.737. The fourth-order valence-corrected chi connectivity index (χ4v) is 2.29. The number of benzene rings is 2. The summed E-state index contributed by atoms with van der Waals surface area (Å²) in [7, 11) is 0. The van der Waals surface area contributed by atoms with E-state index in [0.717, 1.165) is 33.5 Å². The Labute approximate surface area is 111 Å². The molecule has 0 fully saturated rings. The van der Waals surface area contributed by atoms with Crippen LogP contribution < -0.4 is 0 Å². The molecule has 0 spiro atoms. The molecular formula is C16H14N2O. The molecule has 0 saturated carbocycles. The second-order valence-corrected chi connectivity index (χ2v) is 4.45. The van der Waals surface area contributed by atoms with Gasteiger partial charge in [-0.05, 0) is 18.6 Å². The third-order valence-electron chi connectivity index (χ3n) is 3.16. The van der Waals surface area contributed by atoms with Crippen molar-refractivity contribution in [3.63, 3.8) is 0 Å². The molecule has 0 unspecified atom stereocenters. The fraction of sp³-hybridized carbons (Fsp3) is 0.125. The standard InChI is InChI=1S/C16H14N2O/c1-11-17-15-9-5-4-8-14(15)16(18-11)13-7-3-2-6-12(13)10-19/h2-9,19H,10H2,1H3. The van der Waals surface area contributed by atoms with Gasteiger partial charge in [-0.1, -0.05) is 42.5 Å². The van der Waals surface area contributed by atoms with Gasteiger partial charge in [0.25, 0.3) is 0 Å². The number of hydrogen-bond donors (Lipinski definition) is 1. The van der Waals surface area contributed by atoms with Crippen molar-refractivity contribution in [1.82, 2.24) is 9.97 Å². The minimum Gasteiger partial charge on any atom is -0.392 e. The van der Waals surface area contributed by atoms with Crippen LogP contribution in [0.3, 0.4) is 0 Å². The lowest BCUT2D eigenvalue weighted by Gasteiger charge is -2.10. The Morgan fingerprint density at radius 2 is 1.68 bits per heavy atom. The first-order valence-corrected chi connectivity index (χ1v) is 6.22. The molecule has 1 aromatic heterocycles. The molecule has 1 heterocycles. The summed E-state index contributed by atoms with van der Waals surface area (Å²) in [6.07, 6.45) is 0. The lowest BCUT2D eigenvalue weighted by molar-refractivity contribution is 0.282. The number of nitrogens with zero attached hydrogens (tertiary/aromatic N) is 2. The van der Waals surface area contributed by atoms with Crippen molar-refractivity contribution in [2.45, 2.75) is 13.5 Å². The number of aliphatic hydroxyl groups is 1. The zero-order valence-corrected chi connectivity index (χ0v) is 10.7. The molecule has 94 valence electrons. The highest BCUT2D eigenvalue weighted by atomic mass is 16.3. The highest BCUT2D eigenvalue weighted by Gasteiger charge is 2.10. The zero-order valence-electron chi connectivity index (χ0n) is 10.7. The first-order chi connectivity index (χ1) is 9.29. The molecule has 0 aliphatic rings. The van der Waals surface area contributed by atoms with Gasteiger partial charge in [0.15, 0.2) is 0 Å². The Balaban J connectivity index is 2.36. The van der Waals surface area contributed by atoms with Crippen LogP contribution in [0.25, 0.3) is 22.2 Å². The van der Waals surface area contributed by atoms with Gasteiger partial charge in [-0.25, -0.2) is 9.97 Å². The van der Waals surface area contributed by atoms with E-state index in [9.17, 15) is 5.11 Å². The summed E-state index contributed by atoms with van der Waals surface area (Å²) >= 11 is 0. The van der Waals surface area contributed by atoms with Gasteiger partial charge in [-0.15, -0.1) is 0 Å². The van der Waals surface area contributed by atoms with Gasteiger partial charge < -0.3 is 5.11 Å². The lowest BCUT2D eigenvalue weighted by Crippen LogP contribution is -1.96. The van der Waals surface area contributed by atoms with Crippen LogP contribution in [0.1, 0.15) is 11.4 Å². The molecule has 0 amide bonds. The van der Waals surface area contributed by atoms with Gasteiger partial charge in [0.2, 0.25) is 0 Å².